The maximum Gasteiger partial charge on any atom is 0.249 e. The van der Waals surface area contributed by atoms with Crippen LogP contribution in [0.5, 0.6) is 17.2 Å². The molecule has 0 radical (unpaired) electrons. The van der Waals surface area contributed by atoms with Crippen molar-refractivity contribution in [2.45, 2.75) is 5.16 Å². The smallest absolute Gasteiger partial charge is 0.249 e. The molecule has 164 valence electrons. The normalized spacial score (nSPS) is 10.7. The monoisotopic (exact) mass is 452 g/mol. The van der Waals surface area contributed by atoms with Crippen molar-refractivity contribution in [2.75, 3.05) is 32.4 Å². The highest BCUT2D eigenvalue weighted by molar-refractivity contribution is 7.99. The Morgan fingerprint density at radius 2 is 1.81 bits per heavy atom. The number of nitrogens with zero attached hydrogens (tertiary/aromatic N) is 5. The molecular weight excluding hydrogens is 432 g/mol. The first-order valence-corrected chi connectivity index (χ1v) is 10.5. The van der Waals surface area contributed by atoms with Gasteiger partial charge in [0.2, 0.25) is 17.6 Å². The lowest BCUT2D eigenvalue weighted by molar-refractivity contribution is -0.113. The van der Waals surface area contributed by atoms with E-state index in [9.17, 15) is 4.79 Å². The molecule has 1 amide bonds. The molecule has 0 fully saturated rings. The van der Waals surface area contributed by atoms with Crippen molar-refractivity contribution < 1.29 is 19.0 Å². The lowest BCUT2D eigenvalue weighted by Crippen LogP contribution is -2.15. The molecule has 0 aliphatic carbocycles. The van der Waals surface area contributed by atoms with Crippen molar-refractivity contribution in [1.82, 2.24) is 24.6 Å². The highest BCUT2D eigenvalue weighted by atomic mass is 32.2. The number of carbonyl (C=O) groups excluding carboxylic acids is 1. The van der Waals surface area contributed by atoms with Crippen LogP contribution in [-0.2, 0) is 4.79 Å². The summed E-state index contributed by atoms with van der Waals surface area (Å²) in [5.41, 5.74) is 2.21. The number of benzene rings is 1. The summed E-state index contributed by atoms with van der Waals surface area (Å²) in [6.07, 6.45) is 5.05. The number of ether oxygens (including phenoxy) is 3. The van der Waals surface area contributed by atoms with E-state index in [1.54, 1.807) is 56.6 Å². The van der Waals surface area contributed by atoms with E-state index in [1.165, 1.54) is 11.8 Å². The number of nitrogens with one attached hydrogen (secondary N) is 1. The Labute approximate surface area is 188 Å². The van der Waals surface area contributed by atoms with E-state index in [2.05, 4.69) is 25.4 Å². The fourth-order valence-corrected chi connectivity index (χ4v) is 3.68. The number of anilines is 1. The van der Waals surface area contributed by atoms with Crippen LogP contribution >= 0.6 is 11.8 Å². The van der Waals surface area contributed by atoms with Gasteiger partial charge in [0.25, 0.3) is 0 Å². The van der Waals surface area contributed by atoms with Crippen LogP contribution in [0.15, 0.2) is 54.1 Å². The van der Waals surface area contributed by atoms with E-state index < -0.39 is 0 Å². The Kier molecular flexibility index (Phi) is 6.36. The van der Waals surface area contributed by atoms with Crippen LogP contribution in [-0.4, -0.2) is 57.6 Å². The topological polar surface area (TPSA) is 113 Å². The number of hydrogen-bond donors (Lipinski definition) is 1. The van der Waals surface area contributed by atoms with Gasteiger partial charge < -0.3 is 14.2 Å². The number of carbonyl (C=O) groups is 1. The van der Waals surface area contributed by atoms with Crippen LogP contribution in [0, 0.1) is 0 Å². The molecule has 3 heterocycles. The molecule has 32 heavy (non-hydrogen) atoms. The average molecular weight is 452 g/mol. The van der Waals surface area contributed by atoms with Gasteiger partial charge in [-0.3, -0.25) is 10.1 Å². The summed E-state index contributed by atoms with van der Waals surface area (Å²) < 4.78 is 18.0. The quantitative estimate of drug-likeness (QED) is 0.318. The summed E-state index contributed by atoms with van der Waals surface area (Å²) in [4.78, 5) is 24.8. The zero-order valence-electron chi connectivity index (χ0n) is 17.6. The molecule has 4 aromatic rings. The minimum atomic E-state index is -0.250. The van der Waals surface area contributed by atoms with Crippen LogP contribution in [0.25, 0.3) is 16.8 Å². The van der Waals surface area contributed by atoms with Gasteiger partial charge in [-0.25, -0.2) is 14.5 Å². The lowest BCUT2D eigenvalue weighted by Gasteiger charge is -2.15. The SMILES string of the molecule is COc1ccc(-c2ccc3nc(NC(=O)CSc4ncccn4)nn3c2)c(OC)c1OC. The third-order valence-electron chi connectivity index (χ3n) is 4.47. The zero-order chi connectivity index (χ0) is 22.5. The van der Waals surface area contributed by atoms with Gasteiger partial charge in [-0.05, 0) is 30.3 Å². The number of methoxy groups -OCH3 is 3. The second-order valence-corrected chi connectivity index (χ2v) is 7.35. The maximum atomic E-state index is 12.2. The molecule has 0 saturated heterocycles. The predicted octanol–water partition coefficient (Wildman–Crippen LogP) is 2.94. The van der Waals surface area contributed by atoms with Crippen LogP contribution in [0.1, 0.15) is 0 Å². The first-order chi connectivity index (χ1) is 15.6. The summed E-state index contributed by atoms with van der Waals surface area (Å²) >= 11 is 1.23. The molecule has 0 spiro atoms. The number of aromatic nitrogens is 5. The first kappa shape index (κ1) is 21.4. The van der Waals surface area contributed by atoms with Crippen LogP contribution in [0.3, 0.4) is 0 Å². The number of thioether (sulfide) groups is 1. The summed E-state index contributed by atoms with van der Waals surface area (Å²) in [6.45, 7) is 0. The number of pyridine rings is 1. The Balaban J connectivity index is 1.55. The maximum absolute atomic E-state index is 12.2. The summed E-state index contributed by atoms with van der Waals surface area (Å²) in [6, 6.07) is 9.10. The van der Waals surface area contributed by atoms with E-state index in [0.29, 0.717) is 28.1 Å². The molecule has 0 atom stereocenters. The van der Waals surface area contributed by atoms with E-state index in [0.717, 1.165) is 11.1 Å². The van der Waals surface area contributed by atoms with Gasteiger partial charge in [0.05, 0.1) is 27.1 Å². The van der Waals surface area contributed by atoms with Gasteiger partial charge in [0.1, 0.15) is 0 Å². The van der Waals surface area contributed by atoms with Crippen molar-refractivity contribution in [3.05, 3.63) is 48.9 Å². The zero-order valence-corrected chi connectivity index (χ0v) is 18.4. The van der Waals surface area contributed by atoms with Gasteiger partial charge in [-0.15, -0.1) is 5.10 Å². The molecule has 0 bridgehead atoms. The molecule has 0 saturated carbocycles. The standard InChI is InChI=1S/C21H20N6O4S/c1-29-15-7-6-14(18(30-2)19(15)31-3)13-5-8-16-24-20(26-27(16)11-13)25-17(28)12-32-21-22-9-4-10-23-21/h4-11H,12H2,1-3H3,(H,25,26,28). The lowest BCUT2D eigenvalue weighted by atomic mass is 10.1. The largest absolute Gasteiger partial charge is 0.493 e. The van der Waals surface area contributed by atoms with Crippen molar-refractivity contribution in [3.63, 3.8) is 0 Å². The summed E-state index contributed by atoms with van der Waals surface area (Å²) in [5.74, 6) is 1.71. The molecule has 11 heteroatoms. The van der Waals surface area contributed by atoms with Gasteiger partial charge >= 0.3 is 0 Å². The number of rotatable bonds is 8. The number of fused-ring (bicyclic) bond motifs is 1. The fraction of sp³-hybridized carbons (Fsp3) is 0.190. The third kappa shape index (κ3) is 4.42. The molecule has 0 aliphatic heterocycles. The van der Waals surface area contributed by atoms with E-state index in [4.69, 9.17) is 14.2 Å². The Morgan fingerprint density at radius 3 is 2.53 bits per heavy atom. The van der Waals surface area contributed by atoms with Crippen LogP contribution in [0.2, 0.25) is 0 Å². The highest BCUT2D eigenvalue weighted by Crippen LogP contribution is 2.44. The second-order valence-electron chi connectivity index (χ2n) is 6.41. The van der Waals surface area contributed by atoms with Crippen molar-refractivity contribution in [3.8, 4) is 28.4 Å². The molecule has 0 unspecified atom stereocenters. The Morgan fingerprint density at radius 1 is 1.03 bits per heavy atom. The number of amides is 1. The molecular formula is C21H20N6O4S. The van der Waals surface area contributed by atoms with Crippen molar-refractivity contribution >= 4 is 29.3 Å². The average Bonchev–Trinajstić information content (AvgIpc) is 3.23. The van der Waals surface area contributed by atoms with Gasteiger partial charge in [0.15, 0.2) is 22.3 Å². The van der Waals surface area contributed by atoms with Crippen LogP contribution < -0.4 is 19.5 Å². The Bertz CT molecular complexity index is 1250. The minimum Gasteiger partial charge on any atom is -0.493 e. The number of hydrogen-bond acceptors (Lipinski definition) is 9. The fourth-order valence-electron chi connectivity index (χ4n) is 3.07. The van der Waals surface area contributed by atoms with Crippen molar-refractivity contribution in [2.24, 2.45) is 0 Å². The third-order valence-corrected chi connectivity index (χ3v) is 5.35. The van der Waals surface area contributed by atoms with E-state index in [-0.39, 0.29) is 17.6 Å². The van der Waals surface area contributed by atoms with Gasteiger partial charge in [-0.2, -0.15) is 4.98 Å². The van der Waals surface area contributed by atoms with Crippen molar-refractivity contribution in [1.29, 1.82) is 0 Å². The van der Waals surface area contributed by atoms with E-state index >= 15 is 0 Å². The molecule has 1 N–H and O–H groups in total. The van der Waals surface area contributed by atoms with Gasteiger partial charge in [0, 0.05) is 29.7 Å². The van der Waals surface area contributed by atoms with Gasteiger partial charge in [-0.1, -0.05) is 11.8 Å². The molecule has 0 aliphatic rings. The highest BCUT2D eigenvalue weighted by Gasteiger charge is 2.18. The van der Waals surface area contributed by atoms with Crippen LogP contribution in [0.4, 0.5) is 5.95 Å². The minimum absolute atomic E-state index is 0.146. The van der Waals surface area contributed by atoms with E-state index in [1.807, 2.05) is 18.2 Å². The molecule has 3 aromatic heterocycles. The molecule has 1 aromatic carbocycles. The summed E-state index contributed by atoms with van der Waals surface area (Å²) in [5, 5.41) is 7.59. The molecule has 4 rings (SSSR count). The predicted molar refractivity (Wildman–Crippen MR) is 119 cm³/mol. The first-order valence-electron chi connectivity index (χ1n) is 9.48. The second kappa shape index (κ2) is 9.52. The summed E-state index contributed by atoms with van der Waals surface area (Å²) in [7, 11) is 4.70. The molecule has 10 nitrogen and oxygen atoms in total. The Hall–Kier alpha value is -3.86.